The highest BCUT2D eigenvalue weighted by Crippen LogP contribution is 2.64. The maximum Gasteiger partial charge on any atom is 0.337 e. The average molecular weight is 480 g/mol. The molecule has 186 valence electrons. The van der Waals surface area contributed by atoms with Crippen LogP contribution in [0.4, 0.5) is 0 Å². The third-order valence-corrected chi connectivity index (χ3v) is 8.70. The average Bonchev–Trinajstić information content (AvgIpc) is 3.24. The maximum absolute atomic E-state index is 11.8. The number of piperidine rings is 1. The Morgan fingerprint density at radius 2 is 1.97 bits per heavy atom. The van der Waals surface area contributed by atoms with Crippen molar-refractivity contribution in [2.24, 2.45) is 5.92 Å². The van der Waals surface area contributed by atoms with E-state index in [4.69, 9.17) is 23.7 Å². The quantitative estimate of drug-likeness (QED) is 0.443. The highest BCUT2D eigenvalue weighted by atomic mass is 16.7. The van der Waals surface area contributed by atoms with Gasteiger partial charge in [0.2, 0.25) is 0 Å². The molecule has 0 aromatic heterocycles. The van der Waals surface area contributed by atoms with Crippen LogP contribution in [0.3, 0.4) is 0 Å². The summed E-state index contributed by atoms with van der Waals surface area (Å²) in [6.07, 6.45) is 4.18. The van der Waals surface area contributed by atoms with E-state index in [2.05, 4.69) is 18.0 Å². The van der Waals surface area contributed by atoms with Crippen LogP contribution in [0.25, 0.3) is 0 Å². The molecule has 2 aromatic carbocycles. The summed E-state index contributed by atoms with van der Waals surface area (Å²) in [5.74, 6) is 1.89. The smallest absolute Gasteiger partial charge is 0.337 e. The molecule has 2 fully saturated rings. The minimum atomic E-state index is -0.330. The number of nitrogens with zero attached hydrogens (tertiary/aromatic N) is 1. The van der Waals surface area contributed by atoms with E-state index in [-0.39, 0.29) is 30.4 Å². The van der Waals surface area contributed by atoms with Crippen molar-refractivity contribution in [1.29, 1.82) is 0 Å². The summed E-state index contributed by atoms with van der Waals surface area (Å²) in [7, 11) is 5.30. The standard InChI is InChI=1S/C28H33NO6/c1-29-13-12-28-20-9-11-23(33-15-17-4-6-18(7-5-17)27(30)32-3)26(28)35-25-22(34-16-31-2)10-8-19(24(25)28)14-21(20)29/h4-8,10,20-21,23,26H,9,11-16H2,1-3H3/t20-,21+,23?,26?,28-/m0/s1. The second kappa shape index (κ2) is 8.80. The molecular formula is C28H33NO6. The van der Waals surface area contributed by atoms with E-state index in [1.165, 1.54) is 18.2 Å². The van der Waals surface area contributed by atoms with Gasteiger partial charge in [-0.15, -0.1) is 0 Å². The number of hydrogen-bond donors (Lipinski definition) is 0. The van der Waals surface area contributed by atoms with E-state index in [0.29, 0.717) is 24.1 Å². The van der Waals surface area contributed by atoms with E-state index < -0.39 is 0 Å². The van der Waals surface area contributed by atoms with Gasteiger partial charge in [-0.25, -0.2) is 4.79 Å². The second-order valence-corrected chi connectivity index (χ2v) is 10.3. The lowest BCUT2D eigenvalue weighted by Crippen LogP contribution is -2.66. The van der Waals surface area contributed by atoms with Gasteiger partial charge in [-0.1, -0.05) is 18.2 Å². The second-order valence-electron chi connectivity index (χ2n) is 10.3. The Balaban J connectivity index is 1.30. The summed E-state index contributed by atoms with van der Waals surface area (Å²) in [6.45, 7) is 1.74. The molecule has 5 atom stereocenters. The Kier molecular flexibility index (Phi) is 5.74. The van der Waals surface area contributed by atoms with Crippen molar-refractivity contribution in [1.82, 2.24) is 4.90 Å². The van der Waals surface area contributed by atoms with Crippen LogP contribution in [0.1, 0.15) is 46.3 Å². The molecule has 0 N–H and O–H groups in total. The Labute approximate surface area is 206 Å². The van der Waals surface area contributed by atoms with Gasteiger partial charge < -0.3 is 28.6 Å². The van der Waals surface area contributed by atoms with Crippen molar-refractivity contribution in [2.45, 2.75) is 56.0 Å². The highest BCUT2D eigenvalue weighted by molar-refractivity contribution is 5.89. The topological polar surface area (TPSA) is 66.5 Å². The summed E-state index contributed by atoms with van der Waals surface area (Å²) in [5.41, 5.74) is 4.29. The minimum absolute atomic E-state index is 0.00999. The summed E-state index contributed by atoms with van der Waals surface area (Å²) in [5, 5.41) is 0. The van der Waals surface area contributed by atoms with Crippen LogP contribution in [-0.4, -0.2) is 63.7 Å². The minimum Gasteiger partial charge on any atom is -0.483 e. The number of carbonyl (C=O) groups excluding carboxylic acids is 1. The number of methoxy groups -OCH3 is 2. The van der Waals surface area contributed by atoms with Crippen LogP contribution in [-0.2, 0) is 32.7 Å². The van der Waals surface area contributed by atoms with E-state index in [1.54, 1.807) is 19.2 Å². The number of likely N-dealkylation sites (N-methyl/N-ethyl adjacent to an activating group) is 1. The number of hydrogen-bond acceptors (Lipinski definition) is 7. The molecule has 35 heavy (non-hydrogen) atoms. The Hall–Kier alpha value is -2.61. The predicted octanol–water partition coefficient (Wildman–Crippen LogP) is 3.71. The number of ether oxygens (including phenoxy) is 5. The molecule has 1 saturated heterocycles. The molecular weight excluding hydrogens is 446 g/mol. The molecule has 4 aliphatic rings. The fourth-order valence-corrected chi connectivity index (χ4v) is 7.14. The van der Waals surface area contributed by atoms with Crippen molar-refractivity contribution in [2.75, 3.05) is 34.6 Å². The third-order valence-electron chi connectivity index (χ3n) is 8.70. The monoisotopic (exact) mass is 479 g/mol. The molecule has 0 radical (unpaired) electrons. The number of carbonyl (C=O) groups is 1. The normalized spacial score (nSPS) is 30.4. The van der Waals surface area contributed by atoms with Gasteiger partial charge in [-0.2, -0.15) is 0 Å². The molecule has 2 bridgehead atoms. The molecule has 2 aliphatic carbocycles. The summed E-state index contributed by atoms with van der Waals surface area (Å²) < 4.78 is 29.3. The van der Waals surface area contributed by atoms with Gasteiger partial charge in [0.25, 0.3) is 0 Å². The Morgan fingerprint density at radius 3 is 2.74 bits per heavy atom. The molecule has 0 amide bonds. The van der Waals surface area contributed by atoms with Crippen LogP contribution in [0, 0.1) is 5.92 Å². The molecule has 6 rings (SSSR count). The SMILES string of the molecule is COCOc1ccc2c3c1OC1C(OCc4ccc(C(=O)OC)cc4)CC[C@H]4[C@@H](C2)N(C)CC[C@]314. The first-order valence-electron chi connectivity index (χ1n) is 12.5. The maximum atomic E-state index is 11.8. The van der Waals surface area contributed by atoms with Gasteiger partial charge in [0.15, 0.2) is 18.3 Å². The van der Waals surface area contributed by atoms with Gasteiger partial charge in [0.05, 0.1) is 25.4 Å². The predicted molar refractivity (Wildman–Crippen MR) is 129 cm³/mol. The van der Waals surface area contributed by atoms with Gasteiger partial charge >= 0.3 is 5.97 Å². The molecule has 1 saturated carbocycles. The molecule has 2 heterocycles. The van der Waals surface area contributed by atoms with E-state index in [1.807, 2.05) is 18.2 Å². The largest absolute Gasteiger partial charge is 0.483 e. The number of esters is 1. The van der Waals surface area contributed by atoms with Gasteiger partial charge in [0.1, 0.15) is 6.10 Å². The van der Waals surface area contributed by atoms with Crippen molar-refractivity contribution >= 4 is 5.97 Å². The zero-order valence-electron chi connectivity index (χ0n) is 20.6. The number of likely N-dealkylation sites (tertiary alicyclic amines) is 1. The van der Waals surface area contributed by atoms with E-state index in [0.717, 1.165) is 49.3 Å². The van der Waals surface area contributed by atoms with Crippen LogP contribution < -0.4 is 9.47 Å². The molecule has 7 heteroatoms. The summed E-state index contributed by atoms with van der Waals surface area (Å²) in [4.78, 5) is 14.3. The van der Waals surface area contributed by atoms with Crippen LogP contribution >= 0.6 is 0 Å². The van der Waals surface area contributed by atoms with Gasteiger partial charge in [-0.3, -0.25) is 0 Å². The fraction of sp³-hybridized carbons (Fsp3) is 0.536. The molecule has 2 unspecified atom stereocenters. The Bertz CT molecular complexity index is 1120. The summed E-state index contributed by atoms with van der Waals surface area (Å²) >= 11 is 0. The zero-order chi connectivity index (χ0) is 24.2. The van der Waals surface area contributed by atoms with Gasteiger partial charge in [-0.05, 0) is 74.5 Å². The lowest BCUT2D eigenvalue weighted by molar-refractivity contribution is -0.127. The van der Waals surface area contributed by atoms with Crippen molar-refractivity contribution in [3.8, 4) is 11.5 Å². The molecule has 2 aromatic rings. The first kappa shape index (κ1) is 22.8. The van der Waals surface area contributed by atoms with Crippen LogP contribution in [0.15, 0.2) is 36.4 Å². The van der Waals surface area contributed by atoms with E-state index in [9.17, 15) is 4.79 Å². The molecule has 2 aliphatic heterocycles. The van der Waals surface area contributed by atoms with Crippen molar-refractivity contribution in [3.63, 3.8) is 0 Å². The highest BCUT2D eigenvalue weighted by Gasteiger charge is 2.65. The number of rotatable bonds is 7. The Morgan fingerprint density at radius 1 is 1.14 bits per heavy atom. The van der Waals surface area contributed by atoms with Crippen molar-refractivity contribution < 1.29 is 28.5 Å². The fourth-order valence-electron chi connectivity index (χ4n) is 7.14. The first-order valence-corrected chi connectivity index (χ1v) is 12.5. The molecule has 7 nitrogen and oxygen atoms in total. The van der Waals surface area contributed by atoms with Crippen molar-refractivity contribution in [3.05, 3.63) is 58.7 Å². The lowest BCUT2D eigenvalue weighted by atomic mass is 9.51. The summed E-state index contributed by atoms with van der Waals surface area (Å²) in [6, 6.07) is 12.2. The first-order chi connectivity index (χ1) is 17.1. The van der Waals surface area contributed by atoms with E-state index >= 15 is 0 Å². The van der Waals surface area contributed by atoms with Crippen LogP contribution in [0.2, 0.25) is 0 Å². The zero-order valence-corrected chi connectivity index (χ0v) is 20.6. The third kappa shape index (κ3) is 3.47. The number of benzene rings is 2. The molecule has 1 spiro atoms. The lowest BCUT2D eigenvalue weighted by Gasteiger charge is -2.58. The van der Waals surface area contributed by atoms with Crippen LogP contribution in [0.5, 0.6) is 11.5 Å². The van der Waals surface area contributed by atoms with Gasteiger partial charge in [0, 0.05) is 24.1 Å².